The van der Waals surface area contributed by atoms with E-state index in [1.165, 1.54) is 18.2 Å². The second-order valence-electron chi connectivity index (χ2n) is 4.83. The van der Waals surface area contributed by atoms with Crippen molar-refractivity contribution in [3.05, 3.63) is 69.7 Å². The molecule has 4 heteroatoms. The van der Waals surface area contributed by atoms with Crippen LogP contribution in [0, 0.1) is 11.6 Å². The van der Waals surface area contributed by atoms with Crippen LogP contribution in [0.5, 0.6) is 0 Å². The van der Waals surface area contributed by atoms with Crippen LogP contribution in [0.3, 0.4) is 0 Å². The van der Waals surface area contributed by atoms with Gasteiger partial charge in [0.2, 0.25) is 0 Å². The van der Waals surface area contributed by atoms with E-state index in [0.717, 1.165) is 5.56 Å². The van der Waals surface area contributed by atoms with Crippen molar-refractivity contribution in [2.24, 2.45) is 0 Å². The lowest BCUT2D eigenvalue weighted by molar-refractivity contribution is 0.472. The third-order valence-electron chi connectivity index (χ3n) is 3.28. The molecule has 0 aliphatic heterocycles. The molecule has 0 aliphatic rings. The van der Waals surface area contributed by atoms with Gasteiger partial charge in [0.05, 0.1) is 0 Å². The maximum atomic E-state index is 13.9. The summed E-state index contributed by atoms with van der Waals surface area (Å²) in [6.45, 7) is 3.82. The van der Waals surface area contributed by atoms with Gasteiger partial charge in [-0.2, -0.15) is 0 Å². The lowest BCUT2D eigenvalue weighted by Gasteiger charge is -2.21. The van der Waals surface area contributed by atoms with Gasteiger partial charge in [-0.3, -0.25) is 0 Å². The van der Waals surface area contributed by atoms with Crippen LogP contribution >= 0.6 is 15.9 Å². The molecule has 0 saturated carbocycles. The average Bonchev–Trinajstić information content (AvgIpc) is 2.38. The largest absolute Gasteiger partial charge is 0.304 e. The highest BCUT2D eigenvalue weighted by Crippen LogP contribution is 2.24. The van der Waals surface area contributed by atoms with E-state index in [4.69, 9.17) is 0 Å². The maximum absolute atomic E-state index is 13.9. The van der Waals surface area contributed by atoms with Gasteiger partial charge in [-0.05, 0) is 43.7 Å². The van der Waals surface area contributed by atoms with Crippen LogP contribution in [0.1, 0.15) is 37.1 Å². The first-order valence-corrected chi connectivity index (χ1v) is 7.23. The first-order valence-electron chi connectivity index (χ1n) is 6.44. The van der Waals surface area contributed by atoms with Crippen molar-refractivity contribution in [1.29, 1.82) is 0 Å². The Kier molecular flexibility index (Phi) is 4.89. The van der Waals surface area contributed by atoms with Crippen LogP contribution < -0.4 is 5.32 Å². The third kappa shape index (κ3) is 3.64. The molecule has 0 aliphatic carbocycles. The lowest BCUT2D eigenvalue weighted by Crippen LogP contribution is -2.23. The van der Waals surface area contributed by atoms with Crippen LogP contribution in [0.15, 0.2) is 46.9 Å². The SMILES string of the molecule is CC(NC(C)c1ccc(Br)cc1F)c1cccc(F)c1. The van der Waals surface area contributed by atoms with Crippen molar-refractivity contribution in [2.75, 3.05) is 0 Å². The average molecular weight is 340 g/mol. The Hall–Kier alpha value is -1.26. The molecule has 0 saturated heterocycles. The van der Waals surface area contributed by atoms with E-state index in [1.807, 2.05) is 26.0 Å². The summed E-state index contributed by atoms with van der Waals surface area (Å²) in [5, 5.41) is 3.28. The highest BCUT2D eigenvalue weighted by molar-refractivity contribution is 9.10. The molecule has 0 spiro atoms. The van der Waals surface area contributed by atoms with Crippen molar-refractivity contribution in [1.82, 2.24) is 5.32 Å². The van der Waals surface area contributed by atoms with E-state index in [2.05, 4.69) is 21.2 Å². The van der Waals surface area contributed by atoms with Gasteiger partial charge in [-0.25, -0.2) is 8.78 Å². The maximum Gasteiger partial charge on any atom is 0.129 e. The first-order chi connectivity index (χ1) is 9.47. The molecule has 0 aromatic heterocycles. The Bertz CT molecular complexity index is 601. The second-order valence-corrected chi connectivity index (χ2v) is 5.75. The van der Waals surface area contributed by atoms with Gasteiger partial charge in [-0.15, -0.1) is 0 Å². The molecule has 1 N–H and O–H groups in total. The van der Waals surface area contributed by atoms with Gasteiger partial charge in [0, 0.05) is 22.1 Å². The zero-order valence-corrected chi connectivity index (χ0v) is 12.9. The molecule has 106 valence electrons. The van der Waals surface area contributed by atoms with E-state index >= 15 is 0 Å². The number of hydrogen-bond acceptors (Lipinski definition) is 1. The molecule has 0 radical (unpaired) electrons. The Morgan fingerprint density at radius 3 is 2.40 bits per heavy atom. The van der Waals surface area contributed by atoms with Crippen LogP contribution in [-0.4, -0.2) is 0 Å². The summed E-state index contributed by atoms with van der Waals surface area (Å²) in [6.07, 6.45) is 0. The monoisotopic (exact) mass is 339 g/mol. The fourth-order valence-electron chi connectivity index (χ4n) is 2.19. The Labute approximate surface area is 126 Å². The molecule has 2 aromatic carbocycles. The predicted octanol–water partition coefficient (Wildman–Crippen LogP) is 5.14. The topological polar surface area (TPSA) is 12.0 Å². The highest BCUT2D eigenvalue weighted by atomic mass is 79.9. The minimum absolute atomic E-state index is 0.0660. The lowest BCUT2D eigenvalue weighted by atomic mass is 10.0. The summed E-state index contributed by atoms with van der Waals surface area (Å²) in [5.41, 5.74) is 1.44. The van der Waals surface area contributed by atoms with Gasteiger partial charge in [0.25, 0.3) is 0 Å². The molecule has 0 bridgehead atoms. The molecule has 0 heterocycles. The minimum Gasteiger partial charge on any atom is -0.304 e. The number of hydrogen-bond donors (Lipinski definition) is 1. The summed E-state index contributed by atoms with van der Waals surface area (Å²) in [7, 11) is 0. The molecule has 1 nitrogen and oxygen atoms in total. The molecule has 20 heavy (non-hydrogen) atoms. The van der Waals surface area contributed by atoms with Gasteiger partial charge in [-0.1, -0.05) is 34.1 Å². The normalized spacial score (nSPS) is 14.1. The number of nitrogens with one attached hydrogen (secondary N) is 1. The van der Waals surface area contributed by atoms with Gasteiger partial charge < -0.3 is 5.32 Å². The summed E-state index contributed by atoms with van der Waals surface area (Å²) in [5.74, 6) is -0.524. The van der Waals surface area contributed by atoms with Crippen molar-refractivity contribution in [3.8, 4) is 0 Å². The molecule has 2 atom stereocenters. The molecule has 0 amide bonds. The summed E-state index contributed by atoms with van der Waals surface area (Å²) in [6, 6.07) is 11.2. The first kappa shape index (κ1) is 15.1. The molecule has 2 rings (SSSR count). The summed E-state index contributed by atoms with van der Waals surface area (Å²) in [4.78, 5) is 0. The van der Waals surface area contributed by atoms with Gasteiger partial charge in [0.15, 0.2) is 0 Å². The van der Waals surface area contributed by atoms with Crippen molar-refractivity contribution in [3.63, 3.8) is 0 Å². The van der Waals surface area contributed by atoms with E-state index in [9.17, 15) is 8.78 Å². The van der Waals surface area contributed by atoms with E-state index in [0.29, 0.717) is 10.0 Å². The summed E-state index contributed by atoms with van der Waals surface area (Å²) < 4.78 is 27.8. The predicted molar refractivity (Wildman–Crippen MR) is 80.5 cm³/mol. The van der Waals surface area contributed by atoms with Crippen LogP contribution in [-0.2, 0) is 0 Å². The minimum atomic E-state index is -0.265. The van der Waals surface area contributed by atoms with Crippen LogP contribution in [0.25, 0.3) is 0 Å². The Morgan fingerprint density at radius 1 is 1.00 bits per heavy atom. The molecular formula is C16H16BrF2N. The number of rotatable bonds is 4. The summed E-state index contributed by atoms with van der Waals surface area (Å²) >= 11 is 3.24. The quantitative estimate of drug-likeness (QED) is 0.813. The van der Waals surface area contributed by atoms with Crippen molar-refractivity contribution in [2.45, 2.75) is 25.9 Å². The zero-order chi connectivity index (χ0) is 14.7. The van der Waals surface area contributed by atoms with Gasteiger partial charge in [0.1, 0.15) is 11.6 Å². The van der Waals surface area contributed by atoms with Crippen LogP contribution in [0.4, 0.5) is 8.78 Å². The van der Waals surface area contributed by atoms with E-state index in [1.54, 1.807) is 12.1 Å². The highest BCUT2D eigenvalue weighted by Gasteiger charge is 2.15. The van der Waals surface area contributed by atoms with Crippen molar-refractivity contribution < 1.29 is 8.78 Å². The number of benzene rings is 2. The molecule has 0 fully saturated rings. The van der Waals surface area contributed by atoms with Gasteiger partial charge >= 0.3 is 0 Å². The van der Waals surface area contributed by atoms with Crippen LogP contribution in [0.2, 0.25) is 0 Å². The Morgan fingerprint density at radius 2 is 1.75 bits per heavy atom. The smallest absolute Gasteiger partial charge is 0.129 e. The second kappa shape index (κ2) is 6.46. The fraction of sp³-hybridized carbons (Fsp3) is 0.250. The van der Waals surface area contributed by atoms with E-state index < -0.39 is 0 Å². The number of halogens is 3. The third-order valence-corrected chi connectivity index (χ3v) is 3.77. The molecule has 2 unspecified atom stereocenters. The Balaban J connectivity index is 2.12. The van der Waals surface area contributed by atoms with E-state index in [-0.39, 0.29) is 23.7 Å². The molecular weight excluding hydrogens is 324 g/mol. The fourth-order valence-corrected chi connectivity index (χ4v) is 2.52. The molecule has 2 aromatic rings. The van der Waals surface area contributed by atoms with Crippen molar-refractivity contribution >= 4 is 15.9 Å². The standard InChI is InChI=1S/C16H16BrF2N/c1-10(12-4-3-5-14(18)8-12)20-11(2)15-7-6-13(17)9-16(15)19/h3-11,20H,1-2H3. The zero-order valence-electron chi connectivity index (χ0n) is 11.3.